The summed E-state index contributed by atoms with van der Waals surface area (Å²) in [5.74, 6) is -0.652. The van der Waals surface area contributed by atoms with E-state index in [0.29, 0.717) is 12.8 Å². The van der Waals surface area contributed by atoms with Gasteiger partial charge in [0.1, 0.15) is 6.61 Å². The second-order valence-corrected chi connectivity index (χ2v) is 14.1. The van der Waals surface area contributed by atoms with Crippen molar-refractivity contribution >= 4 is 11.9 Å². The van der Waals surface area contributed by atoms with Crippen molar-refractivity contribution in [2.24, 2.45) is 0 Å². The molecule has 0 unspecified atom stereocenters. The van der Waals surface area contributed by atoms with E-state index in [1.54, 1.807) is 0 Å². The molecule has 0 aromatic rings. The summed E-state index contributed by atoms with van der Waals surface area (Å²) >= 11 is 0. The van der Waals surface area contributed by atoms with Crippen LogP contribution in [0.5, 0.6) is 0 Å². The fourth-order valence-corrected chi connectivity index (χ4v) is 5.86. The molecule has 0 bridgehead atoms. The van der Waals surface area contributed by atoms with Crippen LogP contribution in [0.25, 0.3) is 0 Å². The Balaban J connectivity index is 3.61. The molecule has 5 heteroatoms. The van der Waals surface area contributed by atoms with Crippen LogP contribution in [0, 0.1) is 0 Å². The van der Waals surface area contributed by atoms with Gasteiger partial charge in [-0.3, -0.25) is 9.59 Å². The summed E-state index contributed by atoms with van der Waals surface area (Å²) in [4.78, 5) is 24.3. The second kappa shape index (κ2) is 41.3. The van der Waals surface area contributed by atoms with E-state index in [2.05, 4.69) is 62.5 Å². The van der Waals surface area contributed by atoms with Crippen LogP contribution in [0.15, 0.2) is 48.6 Å². The third-order valence-corrected chi connectivity index (χ3v) is 9.10. The van der Waals surface area contributed by atoms with Gasteiger partial charge in [-0.1, -0.05) is 172 Å². The lowest BCUT2D eigenvalue weighted by Crippen LogP contribution is -2.28. The summed E-state index contributed by atoms with van der Waals surface area (Å²) in [5, 5.41) is 9.56. The van der Waals surface area contributed by atoms with Gasteiger partial charge in [-0.2, -0.15) is 0 Å². The lowest BCUT2D eigenvalue weighted by molar-refractivity contribution is -0.161. The third kappa shape index (κ3) is 38.7. The zero-order valence-electron chi connectivity index (χ0n) is 32.9. The molecule has 0 spiro atoms. The topological polar surface area (TPSA) is 72.8 Å². The normalized spacial score (nSPS) is 12.6. The highest BCUT2D eigenvalue weighted by Crippen LogP contribution is 2.13. The SMILES string of the molecule is CCCCCCCCC=CCC=CCC=CCCCC(=O)O[C@@H](CO)COC(=O)CCCCCCCCCCCC=CCCCCCCCC. The molecule has 5 nitrogen and oxygen atoms in total. The molecule has 0 aromatic carbocycles. The molecule has 0 aromatic heterocycles. The highest BCUT2D eigenvalue weighted by molar-refractivity contribution is 5.70. The number of allylic oxidation sites excluding steroid dienone is 8. The molecular weight excluding hydrogens is 620 g/mol. The molecule has 0 radical (unpaired) electrons. The van der Waals surface area contributed by atoms with Crippen molar-refractivity contribution < 1.29 is 24.2 Å². The quantitative estimate of drug-likeness (QED) is 0.0394. The van der Waals surface area contributed by atoms with Crippen molar-refractivity contribution in [3.8, 4) is 0 Å². The zero-order chi connectivity index (χ0) is 36.4. The highest BCUT2D eigenvalue weighted by atomic mass is 16.6. The van der Waals surface area contributed by atoms with Gasteiger partial charge in [0.2, 0.25) is 0 Å². The molecule has 0 aliphatic carbocycles. The van der Waals surface area contributed by atoms with Crippen molar-refractivity contribution in [3.05, 3.63) is 48.6 Å². The Morgan fingerprint density at radius 3 is 1.28 bits per heavy atom. The summed E-state index contributed by atoms with van der Waals surface area (Å²) in [6, 6.07) is 0. The van der Waals surface area contributed by atoms with E-state index in [4.69, 9.17) is 9.47 Å². The third-order valence-electron chi connectivity index (χ3n) is 9.10. The molecule has 50 heavy (non-hydrogen) atoms. The Labute approximate surface area is 309 Å². The Morgan fingerprint density at radius 2 is 0.820 bits per heavy atom. The molecule has 1 N–H and O–H groups in total. The lowest BCUT2D eigenvalue weighted by Gasteiger charge is -2.15. The van der Waals surface area contributed by atoms with E-state index >= 15 is 0 Å². The first-order valence-corrected chi connectivity index (χ1v) is 21.2. The lowest BCUT2D eigenvalue weighted by atomic mass is 10.1. The molecule has 1 atom stereocenters. The van der Waals surface area contributed by atoms with Gasteiger partial charge in [0, 0.05) is 12.8 Å². The predicted molar refractivity (Wildman–Crippen MR) is 214 cm³/mol. The molecule has 0 rings (SSSR count). The second-order valence-electron chi connectivity index (χ2n) is 14.1. The average Bonchev–Trinajstić information content (AvgIpc) is 3.12. The van der Waals surface area contributed by atoms with Crippen LogP contribution >= 0.6 is 0 Å². The maximum Gasteiger partial charge on any atom is 0.306 e. The van der Waals surface area contributed by atoms with E-state index in [0.717, 1.165) is 38.5 Å². The molecule has 0 saturated carbocycles. The van der Waals surface area contributed by atoms with Crippen molar-refractivity contribution in [1.82, 2.24) is 0 Å². The molecule has 290 valence electrons. The summed E-state index contributed by atoms with van der Waals surface area (Å²) in [5.41, 5.74) is 0. The number of aliphatic hydroxyl groups excluding tert-OH is 1. The minimum absolute atomic E-state index is 0.0868. The average molecular weight is 701 g/mol. The van der Waals surface area contributed by atoms with Gasteiger partial charge in [0.05, 0.1) is 6.61 Å². The standard InChI is InChI=1S/C45H80O5/c1-3-5-7-9-11-13-15-17-19-21-22-24-25-27-29-31-33-35-37-39-44(47)49-42-43(41-46)50-45(48)40-38-36-34-32-30-28-26-23-20-18-16-14-12-10-8-6-4-2/h17-20,26,28,32,34,43,46H,3-16,21-25,27,29-31,33,35-42H2,1-2H3/t43-/m0/s1. The van der Waals surface area contributed by atoms with Crippen LogP contribution in [-0.2, 0) is 19.1 Å². The van der Waals surface area contributed by atoms with E-state index in [9.17, 15) is 14.7 Å². The van der Waals surface area contributed by atoms with Crippen LogP contribution < -0.4 is 0 Å². The van der Waals surface area contributed by atoms with Gasteiger partial charge in [-0.25, -0.2) is 0 Å². The first kappa shape index (κ1) is 47.9. The Morgan fingerprint density at radius 1 is 0.460 bits per heavy atom. The fourth-order valence-electron chi connectivity index (χ4n) is 5.86. The number of esters is 2. The van der Waals surface area contributed by atoms with Crippen molar-refractivity contribution in [2.45, 2.75) is 213 Å². The Bertz CT molecular complexity index is 842. The van der Waals surface area contributed by atoms with Crippen molar-refractivity contribution in [1.29, 1.82) is 0 Å². The van der Waals surface area contributed by atoms with Gasteiger partial charge < -0.3 is 14.6 Å². The number of aliphatic hydroxyl groups is 1. The van der Waals surface area contributed by atoms with Crippen LogP contribution in [0.2, 0.25) is 0 Å². The molecular formula is C45H80O5. The van der Waals surface area contributed by atoms with E-state index < -0.39 is 6.10 Å². The number of carbonyl (C=O) groups excluding carboxylic acids is 2. The number of carbonyl (C=O) groups is 2. The number of ether oxygens (including phenoxy) is 2. The smallest absolute Gasteiger partial charge is 0.306 e. The maximum absolute atomic E-state index is 12.2. The predicted octanol–water partition coefficient (Wildman–Crippen LogP) is 13.4. The number of hydrogen-bond donors (Lipinski definition) is 1. The first-order valence-electron chi connectivity index (χ1n) is 21.2. The summed E-state index contributed by atoms with van der Waals surface area (Å²) in [6.45, 7) is 4.09. The Hall–Kier alpha value is -2.14. The van der Waals surface area contributed by atoms with Gasteiger partial charge in [-0.15, -0.1) is 0 Å². The minimum Gasteiger partial charge on any atom is -0.462 e. The molecule has 0 aliphatic rings. The molecule has 0 fully saturated rings. The van der Waals surface area contributed by atoms with Gasteiger partial charge in [-0.05, 0) is 70.6 Å². The van der Waals surface area contributed by atoms with E-state index in [1.807, 2.05) is 0 Å². The van der Waals surface area contributed by atoms with Crippen LogP contribution in [0.1, 0.15) is 206 Å². The fraction of sp³-hybridized carbons (Fsp3) is 0.778. The van der Waals surface area contributed by atoms with E-state index in [-0.39, 0.29) is 31.6 Å². The largest absolute Gasteiger partial charge is 0.462 e. The monoisotopic (exact) mass is 701 g/mol. The summed E-state index contributed by atoms with van der Waals surface area (Å²) in [7, 11) is 0. The van der Waals surface area contributed by atoms with Gasteiger partial charge in [0.15, 0.2) is 6.10 Å². The minimum atomic E-state index is -0.798. The van der Waals surface area contributed by atoms with Crippen molar-refractivity contribution in [2.75, 3.05) is 13.2 Å². The highest BCUT2D eigenvalue weighted by Gasteiger charge is 2.16. The van der Waals surface area contributed by atoms with Crippen LogP contribution in [0.4, 0.5) is 0 Å². The van der Waals surface area contributed by atoms with Crippen LogP contribution in [0.3, 0.4) is 0 Å². The summed E-state index contributed by atoms with van der Waals surface area (Å²) < 4.78 is 10.6. The molecule has 0 amide bonds. The Kier molecular flexibility index (Phi) is 39.5. The van der Waals surface area contributed by atoms with Crippen LogP contribution in [-0.4, -0.2) is 36.4 Å². The van der Waals surface area contributed by atoms with Crippen molar-refractivity contribution in [3.63, 3.8) is 0 Å². The number of hydrogen-bond acceptors (Lipinski definition) is 5. The molecule has 0 aliphatic heterocycles. The van der Waals surface area contributed by atoms with Gasteiger partial charge >= 0.3 is 11.9 Å². The van der Waals surface area contributed by atoms with Gasteiger partial charge in [0.25, 0.3) is 0 Å². The number of unbranched alkanes of at least 4 members (excludes halogenated alkanes) is 22. The number of rotatable bonds is 38. The summed E-state index contributed by atoms with van der Waals surface area (Å²) in [6.07, 6.45) is 51.8. The zero-order valence-corrected chi connectivity index (χ0v) is 32.9. The van der Waals surface area contributed by atoms with E-state index in [1.165, 1.54) is 135 Å². The molecule has 0 saturated heterocycles. The maximum atomic E-state index is 12.2. The first-order chi connectivity index (χ1) is 24.6. The molecule has 0 heterocycles.